The molecule has 0 aromatic rings. The topological polar surface area (TPSA) is 82.1 Å². The molecular weight excluding hydrogens is 250 g/mol. The van der Waals surface area contributed by atoms with Gasteiger partial charge in [0.25, 0.3) is 0 Å². The minimum Gasteiger partial charge on any atom is -0.480 e. The Morgan fingerprint density at radius 2 is 2.26 bits per heavy atom. The molecule has 110 valence electrons. The molecule has 0 bridgehead atoms. The minimum absolute atomic E-state index is 0.335. The number of carbonyl (C=O) groups excluding carboxylic acids is 1. The molecule has 1 heterocycles. The molecule has 0 aromatic heterocycles. The number of hydrogen-bond acceptors (Lipinski definition) is 4. The number of nitrogens with zero attached hydrogens (tertiary/aromatic N) is 2. The number of likely N-dealkylation sites (tertiary alicyclic amines) is 1. The molecular formula is C12H23N3O4. The number of hydrogen-bond donors (Lipinski definition) is 2. The fraction of sp³-hybridized carbons (Fsp3) is 0.833. The van der Waals surface area contributed by atoms with Crippen molar-refractivity contribution in [3.8, 4) is 0 Å². The Morgan fingerprint density at radius 1 is 1.53 bits per heavy atom. The highest BCUT2D eigenvalue weighted by Gasteiger charge is 2.24. The molecule has 0 spiro atoms. The number of urea groups is 1. The lowest BCUT2D eigenvalue weighted by Crippen LogP contribution is -2.42. The van der Waals surface area contributed by atoms with Crippen molar-refractivity contribution in [2.75, 3.05) is 53.5 Å². The quantitative estimate of drug-likeness (QED) is 0.664. The normalized spacial score (nSPS) is 19.4. The highest BCUT2D eigenvalue weighted by atomic mass is 16.5. The molecule has 0 radical (unpaired) electrons. The number of nitrogens with one attached hydrogen (secondary N) is 1. The third-order valence-corrected chi connectivity index (χ3v) is 3.25. The number of carboxylic acid groups (broad SMARTS) is 1. The molecule has 1 saturated heterocycles. The van der Waals surface area contributed by atoms with Crippen LogP contribution >= 0.6 is 0 Å². The first-order chi connectivity index (χ1) is 9.02. The summed E-state index contributed by atoms with van der Waals surface area (Å²) in [5, 5.41) is 10.8. The van der Waals surface area contributed by atoms with E-state index in [0.29, 0.717) is 12.5 Å². The van der Waals surface area contributed by atoms with Crippen LogP contribution in [-0.4, -0.2) is 80.4 Å². The Kier molecular flexibility index (Phi) is 6.58. The fourth-order valence-corrected chi connectivity index (χ4v) is 2.24. The molecule has 0 aliphatic carbocycles. The Hall–Kier alpha value is -1.34. The van der Waals surface area contributed by atoms with E-state index in [0.717, 1.165) is 32.7 Å². The van der Waals surface area contributed by atoms with Gasteiger partial charge in [-0.25, -0.2) is 4.79 Å². The molecule has 2 N–H and O–H groups in total. The van der Waals surface area contributed by atoms with E-state index >= 15 is 0 Å². The molecule has 1 rings (SSSR count). The predicted molar refractivity (Wildman–Crippen MR) is 70.1 cm³/mol. The van der Waals surface area contributed by atoms with Crippen LogP contribution in [-0.2, 0) is 9.53 Å². The van der Waals surface area contributed by atoms with Crippen LogP contribution < -0.4 is 5.32 Å². The molecule has 1 unspecified atom stereocenters. The summed E-state index contributed by atoms with van der Waals surface area (Å²) in [6.45, 7) is 3.94. The summed E-state index contributed by atoms with van der Waals surface area (Å²) in [7, 11) is 3.38. The van der Waals surface area contributed by atoms with E-state index < -0.39 is 5.97 Å². The van der Waals surface area contributed by atoms with Gasteiger partial charge < -0.3 is 25.0 Å². The van der Waals surface area contributed by atoms with Crippen LogP contribution in [0.1, 0.15) is 6.42 Å². The number of aliphatic carboxylic acids is 1. The van der Waals surface area contributed by atoms with Crippen molar-refractivity contribution in [3.63, 3.8) is 0 Å². The third-order valence-electron chi connectivity index (χ3n) is 3.25. The standard InChI is InChI=1S/C12H23N3O4/c1-14(12(18)13-7-11(16)17)8-10-3-4-15(9-10)5-6-19-2/h10H,3-9H2,1-2H3,(H,13,18)(H,16,17). The first-order valence-corrected chi connectivity index (χ1v) is 6.45. The first kappa shape index (κ1) is 15.7. The second-order valence-corrected chi connectivity index (χ2v) is 4.88. The minimum atomic E-state index is -1.03. The van der Waals surface area contributed by atoms with Crippen molar-refractivity contribution < 1.29 is 19.4 Å². The number of rotatable bonds is 7. The zero-order valence-corrected chi connectivity index (χ0v) is 11.6. The van der Waals surface area contributed by atoms with Gasteiger partial charge >= 0.3 is 12.0 Å². The number of carbonyl (C=O) groups is 2. The molecule has 0 saturated carbocycles. The van der Waals surface area contributed by atoms with Crippen molar-refractivity contribution in [1.82, 2.24) is 15.1 Å². The predicted octanol–water partition coefficient (Wildman–Crippen LogP) is -0.319. The first-order valence-electron chi connectivity index (χ1n) is 6.45. The average Bonchev–Trinajstić information content (AvgIpc) is 2.80. The lowest BCUT2D eigenvalue weighted by molar-refractivity contribution is -0.135. The van der Waals surface area contributed by atoms with Crippen LogP contribution in [0.4, 0.5) is 4.79 Å². The number of methoxy groups -OCH3 is 1. The van der Waals surface area contributed by atoms with E-state index in [4.69, 9.17) is 9.84 Å². The Morgan fingerprint density at radius 3 is 2.89 bits per heavy atom. The largest absolute Gasteiger partial charge is 0.480 e. The summed E-state index contributed by atoms with van der Waals surface area (Å²) in [5.41, 5.74) is 0. The van der Waals surface area contributed by atoms with Gasteiger partial charge in [-0.2, -0.15) is 0 Å². The van der Waals surface area contributed by atoms with Crippen LogP contribution in [0, 0.1) is 5.92 Å². The van der Waals surface area contributed by atoms with E-state index in [1.165, 1.54) is 0 Å². The lowest BCUT2D eigenvalue weighted by atomic mass is 10.1. The molecule has 1 atom stereocenters. The van der Waals surface area contributed by atoms with Gasteiger partial charge in [-0.3, -0.25) is 4.79 Å². The zero-order valence-electron chi connectivity index (χ0n) is 11.6. The SMILES string of the molecule is COCCN1CCC(CN(C)C(=O)NCC(=O)O)C1. The Labute approximate surface area is 113 Å². The van der Waals surface area contributed by atoms with Crippen LogP contribution in [0.15, 0.2) is 0 Å². The Balaban J connectivity index is 2.23. The van der Waals surface area contributed by atoms with Gasteiger partial charge in [0.1, 0.15) is 6.54 Å². The van der Waals surface area contributed by atoms with Gasteiger partial charge in [0.05, 0.1) is 6.61 Å². The molecule has 1 aliphatic rings. The lowest BCUT2D eigenvalue weighted by Gasteiger charge is -2.21. The highest BCUT2D eigenvalue weighted by molar-refractivity contribution is 5.79. The molecule has 1 aliphatic heterocycles. The summed E-state index contributed by atoms with van der Waals surface area (Å²) in [4.78, 5) is 25.8. The smallest absolute Gasteiger partial charge is 0.323 e. The van der Waals surface area contributed by atoms with Gasteiger partial charge in [0.15, 0.2) is 0 Å². The molecule has 19 heavy (non-hydrogen) atoms. The second-order valence-electron chi connectivity index (χ2n) is 4.88. The van der Waals surface area contributed by atoms with Crippen LogP contribution in [0.3, 0.4) is 0 Å². The maximum Gasteiger partial charge on any atom is 0.323 e. The van der Waals surface area contributed by atoms with Gasteiger partial charge in [-0.15, -0.1) is 0 Å². The third kappa shape index (κ3) is 5.89. The summed E-state index contributed by atoms with van der Waals surface area (Å²) >= 11 is 0. The van der Waals surface area contributed by atoms with Crippen molar-refractivity contribution >= 4 is 12.0 Å². The van der Waals surface area contributed by atoms with E-state index in [2.05, 4.69) is 10.2 Å². The van der Waals surface area contributed by atoms with Crippen molar-refractivity contribution in [3.05, 3.63) is 0 Å². The van der Waals surface area contributed by atoms with Gasteiger partial charge in [-0.05, 0) is 18.9 Å². The van der Waals surface area contributed by atoms with E-state index in [1.54, 1.807) is 19.1 Å². The van der Waals surface area contributed by atoms with E-state index in [9.17, 15) is 9.59 Å². The van der Waals surface area contributed by atoms with E-state index in [-0.39, 0.29) is 12.6 Å². The fourth-order valence-electron chi connectivity index (χ4n) is 2.24. The summed E-state index contributed by atoms with van der Waals surface area (Å²) in [5.74, 6) is -0.592. The van der Waals surface area contributed by atoms with Gasteiger partial charge in [0, 0.05) is 33.8 Å². The Bertz CT molecular complexity index is 311. The summed E-state index contributed by atoms with van der Waals surface area (Å²) in [6, 6.07) is -0.335. The van der Waals surface area contributed by atoms with Crippen molar-refractivity contribution in [2.45, 2.75) is 6.42 Å². The average molecular weight is 273 g/mol. The summed E-state index contributed by atoms with van der Waals surface area (Å²) in [6.07, 6.45) is 1.06. The maximum absolute atomic E-state index is 11.6. The van der Waals surface area contributed by atoms with Crippen molar-refractivity contribution in [2.24, 2.45) is 5.92 Å². The van der Waals surface area contributed by atoms with Crippen molar-refractivity contribution in [1.29, 1.82) is 0 Å². The number of carboxylic acids is 1. The maximum atomic E-state index is 11.6. The summed E-state index contributed by atoms with van der Waals surface area (Å²) < 4.78 is 5.04. The zero-order chi connectivity index (χ0) is 14.3. The monoisotopic (exact) mass is 273 g/mol. The van der Waals surface area contributed by atoms with Crippen LogP contribution in [0.2, 0.25) is 0 Å². The van der Waals surface area contributed by atoms with Gasteiger partial charge in [0.2, 0.25) is 0 Å². The van der Waals surface area contributed by atoms with E-state index in [1.807, 2.05) is 0 Å². The molecule has 2 amide bonds. The number of ether oxygens (including phenoxy) is 1. The molecule has 7 nitrogen and oxygen atoms in total. The van der Waals surface area contributed by atoms with Crippen LogP contribution in [0.25, 0.3) is 0 Å². The molecule has 7 heteroatoms. The molecule has 1 fully saturated rings. The van der Waals surface area contributed by atoms with Crippen LogP contribution in [0.5, 0.6) is 0 Å². The highest BCUT2D eigenvalue weighted by Crippen LogP contribution is 2.16. The number of amides is 2. The second kappa shape index (κ2) is 7.96. The van der Waals surface area contributed by atoms with Gasteiger partial charge in [-0.1, -0.05) is 0 Å². The molecule has 0 aromatic carbocycles.